The monoisotopic (exact) mass is 601 g/mol. The molecule has 43 heavy (non-hydrogen) atoms. The van der Waals surface area contributed by atoms with E-state index in [1.807, 2.05) is 30.3 Å². The van der Waals surface area contributed by atoms with Gasteiger partial charge in [0, 0.05) is 13.1 Å². The number of para-hydroxylation sites is 1. The second kappa shape index (κ2) is 14.4. The van der Waals surface area contributed by atoms with Gasteiger partial charge in [-0.3, -0.25) is 13.9 Å². The molecule has 1 atom stereocenters. The fourth-order valence-electron chi connectivity index (χ4n) is 4.39. The van der Waals surface area contributed by atoms with Crippen molar-refractivity contribution >= 4 is 27.5 Å². The summed E-state index contributed by atoms with van der Waals surface area (Å²) in [6.07, 6.45) is 0. The van der Waals surface area contributed by atoms with Gasteiger partial charge in [-0.25, -0.2) is 8.42 Å². The first-order valence-electron chi connectivity index (χ1n) is 13.8. The highest BCUT2D eigenvalue weighted by Crippen LogP contribution is 2.28. The van der Waals surface area contributed by atoms with Gasteiger partial charge in [0.25, 0.3) is 10.0 Å². The molecule has 0 saturated heterocycles. The van der Waals surface area contributed by atoms with Gasteiger partial charge in [-0.1, -0.05) is 48.5 Å². The molecule has 0 radical (unpaired) electrons. The van der Waals surface area contributed by atoms with E-state index < -0.39 is 28.5 Å². The van der Waals surface area contributed by atoms with E-state index in [0.717, 1.165) is 9.87 Å². The predicted molar refractivity (Wildman–Crippen MR) is 166 cm³/mol. The Labute approximate surface area is 252 Å². The molecule has 0 heterocycles. The lowest BCUT2D eigenvalue weighted by Gasteiger charge is -2.32. The van der Waals surface area contributed by atoms with Gasteiger partial charge < -0.3 is 19.7 Å². The van der Waals surface area contributed by atoms with E-state index in [1.165, 1.54) is 17.0 Å². The summed E-state index contributed by atoms with van der Waals surface area (Å²) in [5, 5.41) is 2.75. The number of benzene rings is 4. The van der Waals surface area contributed by atoms with Gasteiger partial charge in [-0.2, -0.15) is 0 Å². The summed E-state index contributed by atoms with van der Waals surface area (Å²) in [5.74, 6) is 0.901. The van der Waals surface area contributed by atoms with Crippen molar-refractivity contribution in [2.45, 2.75) is 31.3 Å². The van der Waals surface area contributed by atoms with E-state index in [1.54, 1.807) is 87.7 Å². The minimum atomic E-state index is -4.16. The summed E-state index contributed by atoms with van der Waals surface area (Å²) in [6.45, 7) is 3.36. The highest BCUT2D eigenvalue weighted by molar-refractivity contribution is 7.92. The molecule has 0 fully saturated rings. The van der Waals surface area contributed by atoms with Crippen LogP contribution in [0.15, 0.2) is 114 Å². The first-order valence-corrected chi connectivity index (χ1v) is 15.3. The van der Waals surface area contributed by atoms with Gasteiger partial charge in [-0.15, -0.1) is 0 Å². The van der Waals surface area contributed by atoms with Crippen LogP contribution in [0.2, 0.25) is 0 Å². The first kappa shape index (κ1) is 31.1. The van der Waals surface area contributed by atoms with E-state index in [0.29, 0.717) is 23.8 Å². The Kier molecular flexibility index (Phi) is 10.4. The fourth-order valence-corrected chi connectivity index (χ4v) is 5.82. The topological polar surface area (TPSA) is 105 Å². The van der Waals surface area contributed by atoms with Crippen LogP contribution in [-0.4, -0.2) is 51.4 Å². The van der Waals surface area contributed by atoms with Crippen molar-refractivity contribution in [2.24, 2.45) is 0 Å². The number of ether oxygens (including phenoxy) is 2. The lowest BCUT2D eigenvalue weighted by atomic mass is 10.1. The number of hydrogen-bond donors (Lipinski definition) is 1. The summed E-state index contributed by atoms with van der Waals surface area (Å²) >= 11 is 0. The Balaban J connectivity index is 1.68. The molecule has 0 unspecified atom stereocenters. The van der Waals surface area contributed by atoms with Gasteiger partial charge in [0.1, 0.15) is 29.8 Å². The second-order valence-corrected chi connectivity index (χ2v) is 11.5. The summed E-state index contributed by atoms with van der Waals surface area (Å²) in [5.41, 5.74) is 1.03. The molecule has 0 aliphatic rings. The Morgan fingerprint density at radius 3 is 1.93 bits per heavy atom. The molecule has 0 saturated carbocycles. The summed E-state index contributed by atoms with van der Waals surface area (Å²) < 4.78 is 40.0. The van der Waals surface area contributed by atoms with Crippen molar-refractivity contribution < 1.29 is 27.5 Å². The van der Waals surface area contributed by atoms with Gasteiger partial charge in [0.2, 0.25) is 11.8 Å². The second-order valence-electron chi connectivity index (χ2n) is 9.67. The summed E-state index contributed by atoms with van der Waals surface area (Å²) in [4.78, 5) is 28.3. The number of methoxy groups -OCH3 is 1. The van der Waals surface area contributed by atoms with Crippen molar-refractivity contribution in [1.29, 1.82) is 0 Å². The SMILES string of the molecule is CCNC(=O)[C@@H](C)N(Cc1ccc(OC)cc1)C(=O)CN(c1ccc(Oc2ccccc2)cc1)S(=O)(=O)c1ccccc1. The molecule has 0 bridgehead atoms. The fraction of sp³-hybridized carbons (Fsp3) is 0.212. The quantitative estimate of drug-likeness (QED) is 0.225. The minimum Gasteiger partial charge on any atom is -0.497 e. The number of carbonyl (C=O) groups excluding carboxylic acids is 2. The van der Waals surface area contributed by atoms with Crippen LogP contribution in [0.25, 0.3) is 0 Å². The van der Waals surface area contributed by atoms with E-state index in [-0.39, 0.29) is 23.0 Å². The van der Waals surface area contributed by atoms with Crippen LogP contribution in [0.5, 0.6) is 17.2 Å². The van der Waals surface area contributed by atoms with Crippen LogP contribution in [-0.2, 0) is 26.2 Å². The smallest absolute Gasteiger partial charge is 0.264 e. The number of rotatable bonds is 13. The Hall–Kier alpha value is -4.83. The molecule has 224 valence electrons. The molecule has 4 aromatic carbocycles. The third-order valence-electron chi connectivity index (χ3n) is 6.74. The van der Waals surface area contributed by atoms with Crippen molar-refractivity contribution in [3.8, 4) is 17.2 Å². The van der Waals surface area contributed by atoms with E-state index >= 15 is 0 Å². The number of hydrogen-bond acceptors (Lipinski definition) is 6. The molecular formula is C33H35N3O6S. The number of carbonyl (C=O) groups is 2. The van der Waals surface area contributed by atoms with Crippen LogP contribution >= 0.6 is 0 Å². The van der Waals surface area contributed by atoms with Crippen LogP contribution in [0.4, 0.5) is 5.69 Å². The third-order valence-corrected chi connectivity index (χ3v) is 8.53. The Bertz CT molecular complexity index is 1600. The van der Waals surface area contributed by atoms with E-state index in [4.69, 9.17) is 9.47 Å². The molecule has 0 aliphatic carbocycles. The maximum Gasteiger partial charge on any atom is 0.264 e. The summed E-state index contributed by atoms with van der Waals surface area (Å²) in [6, 6.07) is 29.9. The lowest BCUT2D eigenvalue weighted by Crippen LogP contribution is -2.51. The highest BCUT2D eigenvalue weighted by Gasteiger charge is 2.32. The molecule has 1 N–H and O–H groups in total. The number of anilines is 1. The Morgan fingerprint density at radius 2 is 1.35 bits per heavy atom. The average molecular weight is 602 g/mol. The van der Waals surface area contributed by atoms with Crippen molar-refractivity contribution in [2.75, 3.05) is 24.5 Å². The van der Waals surface area contributed by atoms with Gasteiger partial charge in [0.15, 0.2) is 0 Å². The zero-order valence-corrected chi connectivity index (χ0v) is 25.2. The molecule has 0 aliphatic heterocycles. The maximum atomic E-state index is 14.0. The number of amides is 2. The average Bonchev–Trinajstić information content (AvgIpc) is 3.03. The summed E-state index contributed by atoms with van der Waals surface area (Å²) in [7, 11) is -2.60. The number of likely N-dealkylation sites (N-methyl/N-ethyl adjacent to an activating group) is 1. The predicted octanol–water partition coefficient (Wildman–Crippen LogP) is 5.24. The minimum absolute atomic E-state index is 0.0332. The van der Waals surface area contributed by atoms with Crippen molar-refractivity contribution in [3.05, 3.63) is 115 Å². The van der Waals surface area contributed by atoms with E-state index in [9.17, 15) is 18.0 Å². The zero-order chi connectivity index (χ0) is 30.8. The molecule has 10 heteroatoms. The van der Waals surface area contributed by atoms with Gasteiger partial charge in [-0.05, 0) is 80.1 Å². The van der Waals surface area contributed by atoms with Crippen LogP contribution in [0.3, 0.4) is 0 Å². The molecular weight excluding hydrogens is 566 g/mol. The lowest BCUT2D eigenvalue weighted by molar-refractivity contribution is -0.139. The van der Waals surface area contributed by atoms with Crippen molar-refractivity contribution in [1.82, 2.24) is 10.2 Å². The largest absolute Gasteiger partial charge is 0.497 e. The van der Waals surface area contributed by atoms with Gasteiger partial charge in [0.05, 0.1) is 17.7 Å². The number of nitrogens with one attached hydrogen (secondary N) is 1. The zero-order valence-electron chi connectivity index (χ0n) is 24.3. The molecule has 0 aromatic heterocycles. The normalized spacial score (nSPS) is 11.7. The highest BCUT2D eigenvalue weighted by atomic mass is 32.2. The molecule has 2 amide bonds. The van der Waals surface area contributed by atoms with Crippen molar-refractivity contribution in [3.63, 3.8) is 0 Å². The molecule has 0 spiro atoms. The van der Waals surface area contributed by atoms with E-state index in [2.05, 4.69) is 5.32 Å². The van der Waals surface area contributed by atoms with Crippen LogP contribution in [0.1, 0.15) is 19.4 Å². The van der Waals surface area contributed by atoms with Crippen LogP contribution in [0, 0.1) is 0 Å². The molecule has 4 rings (SSSR count). The standard InChI is InChI=1S/C33H35N3O6S/c1-4-34-33(38)25(2)35(23-26-15-19-28(41-3)20-16-26)32(37)24-36(43(39,40)31-13-9-6-10-14-31)27-17-21-30(22-18-27)42-29-11-7-5-8-12-29/h5-22,25H,4,23-24H2,1-3H3,(H,34,38)/t25-/m1/s1. The molecule has 4 aromatic rings. The molecule has 9 nitrogen and oxygen atoms in total. The third kappa shape index (κ3) is 7.92. The maximum absolute atomic E-state index is 14.0. The van der Waals surface area contributed by atoms with Gasteiger partial charge >= 0.3 is 0 Å². The van der Waals surface area contributed by atoms with Crippen LogP contribution < -0.4 is 19.1 Å². The first-order chi connectivity index (χ1) is 20.7. The Morgan fingerprint density at radius 1 is 0.791 bits per heavy atom. The number of sulfonamides is 1. The number of nitrogens with zero attached hydrogens (tertiary/aromatic N) is 2.